The number of allylic oxidation sites excluding steroid dienone is 2. The minimum atomic E-state index is -0.882. The van der Waals surface area contributed by atoms with E-state index in [2.05, 4.69) is 37.3 Å². The van der Waals surface area contributed by atoms with Crippen molar-refractivity contribution in [3.8, 4) is 0 Å². The molecule has 30 heavy (non-hydrogen) atoms. The van der Waals surface area contributed by atoms with Crippen LogP contribution in [0.4, 0.5) is 4.39 Å². The van der Waals surface area contributed by atoms with E-state index >= 15 is 4.39 Å². The second kappa shape index (κ2) is 9.64. The van der Waals surface area contributed by atoms with Gasteiger partial charge >= 0.3 is 0 Å². The highest BCUT2D eigenvalue weighted by atomic mass is 19.1. The standard InChI is InChI=1S/C28H37FO/c1-3-7-21-12-14-24(15-13-21)28(30-2)18-16-22(17-19-28)20-27(29)26-11-6-9-23-8-4-5-10-25(23)26/h3-11,21-22,24,27H,12-20H2,1-2H3/b7-3+. The predicted octanol–water partition coefficient (Wildman–Crippen LogP) is 8.20. The molecule has 0 aliphatic heterocycles. The van der Waals surface area contributed by atoms with Gasteiger partial charge in [0, 0.05) is 7.11 Å². The van der Waals surface area contributed by atoms with E-state index in [0.717, 1.165) is 47.9 Å². The van der Waals surface area contributed by atoms with Crippen LogP contribution in [-0.2, 0) is 4.74 Å². The van der Waals surface area contributed by atoms with E-state index < -0.39 is 6.17 Å². The molecule has 0 saturated heterocycles. The highest BCUT2D eigenvalue weighted by Crippen LogP contribution is 2.48. The highest BCUT2D eigenvalue weighted by Gasteiger charge is 2.43. The second-order valence-corrected chi connectivity index (χ2v) is 9.62. The van der Waals surface area contributed by atoms with E-state index in [1.165, 1.54) is 25.7 Å². The summed E-state index contributed by atoms with van der Waals surface area (Å²) >= 11 is 0. The Balaban J connectivity index is 1.36. The van der Waals surface area contributed by atoms with Gasteiger partial charge in [-0.3, -0.25) is 0 Å². The van der Waals surface area contributed by atoms with Crippen LogP contribution >= 0.6 is 0 Å². The fourth-order valence-electron chi connectivity index (χ4n) is 6.23. The normalized spacial score (nSPS) is 31.2. The van der Waals surface area contributed by atoms with Crippen LogP contribution in [0.5, 0.6) is 0 Å². The summed E-state index contributed by atoms with van der Waals surface area (Å²) in [6, 6.07) is 14.2. The SMILES string of the molecule is C/C=C/C1CCC(C2(OC)CCC(CC(F)c3cccc4ccccc34)CC2)CC1. The van der Waals surface area contributed by atoms with Gasteiger partial charge in [0.15, 0.2) is 0 Å². The molecule has 2 heteroatoms. The molecule has 2 aliphatic carbocycles. The number of hydrogen-bond acceptors (Lipinski definition) is 1. The monoisotopic (exact) mass is 408 g/mol. The van der Waals surface area contributed by atoms with Gasteiger partial charge in [0.25, 0.3) is 0 Å². The topological polar surface area (TPSA) is 9.23 Å². The molecule has 1 atom stereocenters. The zero-order valence-corrected chi connectivity index (χ0v) is 18.7. The van der Waals surface area contributed by atoms with Gasteiger partial charge in [0.05, 0.1) is 5.60 Å². The molecule has 2 fully saturated rings. The lowest BCUT2D eigenvalue weighted by atomic mass is 9.65. The van der Waals surface area contributed by atoms with Crippen LogP contribution in [0.3, 0.4) is 0 Å². The molecule has 0 amide bonds. The number of benzene rings is 2. The van der Waals surface area contributed by atoms with Crippen molar-refractivity contribution in [1.29, 1.82) is 0 Å². The van der Waals surface area contributed by atoms with Crippen molar-refractivity contribution >= 4 is 10.8 Å². The molecule has 162 valence electrons. The average molecular weight is 409 g/mol. The summed E-state index contributed by atoms with van der Waals surface area (Å²) in [5.41, 5.74) is 0.891. The molecule has 0 aromatic heterocycles. The highest BCUT2D eigenvalue weighted by molar-refractivity contribution is 5.85. The van der Waals surface area contributed by atoms with Crippen LogP contribution < -0.4 is 0 Å². The molecule has 0 bridgehead atoms. The molecule has 0 radical (unpaired) electrons. The van der Waals surface area contributed by atoms with Gasteiger partial charge in [-0.1, -0.05) is 54.6 Å². The number of hydrogen-bond donors (Lipinski definition) is 0. The predicted molar refractivity (Wildman–Crippen MR) is 124 cm³/mol. The third-order valence-corrected chi connectivity index (χ3v) is 8.04. The fraction of sp³-hybridized carbons (Fsp3) is 0.571. The summed E-state index contributed by atoms with van der Waals surface area (Å²) in [5.74, 6) is 1.88. The van der Waals surface area contributed by atoms with E-state index in [1.807, 2.05) is 31.4 Å². The lowest BCUT2D eigenvalue weighted by Crippen LogP contribution is -2.45. The number of ether oxygens (including phenoxy) is 1. The largest absolute Gasteiger partial charge is 0.378 e. The minimum absolute atomic E-state index is 0.0304. The van der Waals surface area contributed by atoms with Crippen molar-refractivity contribution < 1.29 is 9.13 Å². The molecular formula is C28H37FO. The quantitative estimate of drug-likeness (QED) is 0.438. The van der Waals surface area contributed by atoms with E-state index in [0.29, 0.717) is 18.3 Å². The minimum Gasteiger partial charge on any atom is -0.378 e. The Hall–Kier alpha value is -1.67. The molecule has 2 saturated carbocycles. The Morgan fingerprint density at radius 2 is 1.70 bits per heavy atom. The second-order valence-electron chi connectivity index (χ2n) is 9.62. The van der Waals surface area contributed by atoms with Crippen LogP contribution in [-0.4, -0.2) is 12.7 Å². The van der Waals surface area contributed by atoms with Crippen LogP contribution in [0.1, 0.15) is 76.4 Å². The van der Waals surface area contributed by atoms with Crippen LogP contribution in [0.25, 0.3) is 10.8 Å². The van der Waals surface area contributed by atoms with E-state index in [-0.39, 0.29) is 5.60 Å². The Kier molecular flexibility index (Phi) is 6.93. The molecule has 0 spiro atoms. The fourth-order valence-corrected chi connectivity index (χ4v) is 6.23. The summed E-state index contributed by atoms with van der Waals surface area (Å²) in [6.07, 6.45) is 13.8. The van der Waals surface area contributed by atoms with Crippen molar-refractivity contribution in [3.63, 3.8) is 0 Å². The Labute approximate surface area is 181 Å². The maximum atomic E-state index is 15.4. The maximum Gasteiger partial charge on any atom is 0.126 e. The Morgan fingerprint density at radius 3 is 2.40 bits per heavy atom. The first-order valence-electron chi connectivity index (χ1n) is 11.9. The molecule has 1 nitrogen and oxygen atoms in total. The number of methoxy groups -OCH3 is 1. The average Bonchev–Trinajstić information content (AvgIpc) is 2.80. The Morgan fingerprint density at radius 1 is 1.00 bits per heavy atom. The number of rotatable bonds is 6. The smallest absolute Gasteiger partial charge is 0.126 e. The molecule has 2 aromatic rings. The van der Waals surface area contributed by atoms with Gasteiger partial charge in [-0.2, -0.15) is 0 Å². The number of halogens is 1. The maximum absolute atomic E-state index is 15.4. The number of alkyl halides is 1. The summed E-state index contributed by atoms with van der Waals surface area (Å²) < 4.78 is 21.6. The molecule has 0 heterocycles. The first-order valence-corrected chi connectivity index (χ1v) is 11.9. The van der Waals surface area contributed by atoms with E-state index in [1.54, 1.807) is 0 Å². The molecular weight excluding hydrogens is 371 g/mol. The third kappa shape index (κ3) is 4.49. The van der Waals surface area contributed by atoms with Gasteiger partial charge < -0.3 is 4.74 Å². The van der Waals surface area contributed by atoms with Crippen LogP contribution in [0.15, 0.2) is 54.6 Å². The summed E-state index contributed by atoms with van der Waals surface area (Å²) in [5, 5.41) is 2.20. The summed E-state index contributed by atoms with van der Waals surface area (Å²) in [4.78, 5) is 0. The molecule has 4 rings (SSSR count). The Bertz CT molecular complexity index is 835. The van der Waals surface area contributed by atoms with Crippen LogP contribution in [0.2, 0.25) is 0 Å². The first kappa shape index (κ1) is 21.6. The summed E-state index contributed by atoms with van der Waals surface area (Å²) in [7, 11) is 1.91. The molecule has 0 N–H and O–H groups in total. The van der Waals surface area contributed by atoms with Crippen molar-refractivity contribution in [1.82, 2.24) is 0 Å². The zero-order chi connectivity index (χ0) is 21.0. The van der Waals surface area contributed by atoms with Gasteiger partial charge in [-0.05, 0) is 98.8 Å². The van der Waals surface area contributed by atoms with Crippen molar-refractivity contribution in [3.05, 3.63) is 60.2 Å². The van der Waals surface area contributed by atoms with Crippen molar-refractivity contribution in [2.75, 3.05) is 7.11 Å². The van der Waals surface area contributed by atoms with Crippen LogP contribution in [0, 0.1) is 17.8 Å². The molecule has 2 aliphatic rings. The van der Waals surface area contributed by atoms with Gasteiger partial charge in [0.1, 0.15) is 6.17 Å². The van der Waals surface area contributed by atoms with E-state index in [4.69, 9.17) is 4.74 Å². The van der Waals surface area contributed by atoms with E-state index in [9.17, 15) is 0 Å². The zero-order valence-electron chi connectivity index (χ0n) is 18.7. The van der Waals surface area contributed by atoms with Crippen molar-refractivity contribution in [2.45, 2.75) is 76.5 Å². The van der Waals surface area contributed by atoms with Gasteiger partial charge in [-0.15, -0.1) is 0 Å². The lowest BCUT2D eigenvalue weighted by molar-refractivity contribution is -0.105. The third-order valence-electron chi connectivity index (χ3n) is 8.04. The van der Waals surface area contributed by atoms with Gasteiger partial charge in [0.2, 0.25) is 0 Å². The molecule has 2 aromatic carbocycles. The van der Waals surface area contributed by atoms with Crippen molar-refractivity contribution in [2.24, 2.45) is 17.8 Å². The molecule has 1 unspecified atom stereocenters. The first-order chi connectivity index (χ1) is 14.6. The summed E-state index contributed by atoms with van der Waals surface area (Å²) in [6.45, 7) is 2.13. The number of fused-ring (bicyclic) bond motifs is 1. The lowest BCUT2D eigenvalue weighted by Gasteiger charge is -2.47. The van der Waals surface area contributed by atoms with Gasteiger partial charge in [-0.25, -0.2) is 4.39 Å².